The molecular formula is C33H39N9O3. The molecule has 0 aliphatic carbocycles. The van der Waals surface area contributed by atoms with Crippen LogP contribution in [0.2, 0.25) is 0 Å². The van der Waals surface area contributed by atoms with Gasteiger partial charge in [-0.25, -0.2) is 9.59 Å². The standard InChI is InChI=1S/C33H39N9O3/c43-31(40-16-14-39(15-17-40)22-26-5-3-11-34-26)30(19-23-7-8-29-25(18-23)20-35-38-29)37-32(44)41-12-9-27(10-13-41)42-21-24-4-1-2-6-28(24)36-33(42)45/h1-8,11,18,20,27,30,34H,9-10,12-17,19,21-22H2,(H,35,38)(H,36,45)(H,37,44). The molecule has 4 N–H and O–H groups in total. The summed E-state index contributed by atoms with van der Waals surface area (Å²) in [6.45, 7) is 5.18. The Morgan fingerprint density at radius 2 is 1.78 bits per heavy atom. The summed E-state index contributed by atoms with van der Waals surface area (Å²) in [6, 6.07) is 16.9. The number of anilines is 1. The van der Waals surface area contributed by atoms with Gasteiger partial charge in [0.2, 0.25) is 5.91 Å². The largest absolute Gasteiger partial charge is 0.364 e. The van der Waals surface area contributed by atoms with Crippen LogP contribution in [0.4, 0.5) is 15.3 Å². The van der Waals surface area contributed by atoms with Crippen LogP contribution in [0.15, 0.2) is 67.0 Å². The van der Waals surface area contributed by atoms with Crippen LogP contribution in [-0.2, 0) is 24.3 Å². The van der Waals surface area contributed by atoms with Crippen LogP contribution in [0.1, 0.15) is 29.7 Å². The Morgan fingerprint density at radius 3 is 2.58 bits per heavy atom. The third-order valence-electron chi connectivity index (χ3n) is 9.33. The van der Waals surface area contributed by atoms with E-state index in [0.29, 0.717) is 52.0 Å². The average molecular weight is 610 g/mol. The number of benzene rings is 2. The lowest BCUT2D eigenvalue weighted by Crippen LogP contribution is -2.58. The topological polar surface area (TPSA) is 133 Å². The lowest BCUT2D eigenvalue weighted by molar-refractivity contribution is -0.135. The first-order valence-corrected chi connectivity index (χ1v) is 15.8. The van der Waals surface area contributed by atoms with Crippen molar-refractivity contribution < 1.29 is 14.4 Å². The fourth-order valence-corrected chi connectivity index (χ4v) is 6.75. The Hall–Kier alpha value is -4.84. The first-order chi connectivity index (χ1) is 22.0. The smallest absolute Gasteiger partial charge is 0.322 e. The number of para-hydroxylation sites is 1. The minimum absolute atomic E-state index is 0.0452. The number of piperazine rings is 1. The first kappa shape index (κ1) is 28.9. The van der Waals surface area contributed by atoms with Gasteiger partial charge >= 0.3 is 12.1 Å². The molecule has 3 aliphatic heterocycles. The van der Waals surface area contributed by atoms with Crippen molar-refractivity contribution in [1.82, 2.24) is 40.1 Å². The molecular weight excluding hydrogens is 570 g/mol. The lowest BCUT2D eigenvalue weighted by atomic mass is 10.0. The van der Waals surface area contributed by atoms with Crippen molar-refractivity contribution in [2.75, 3.05) is 44.6 Å². The molecule has 3 aliphatic rings. The van der Waals surface area contributed by atoms with Gasteiger partial charge in [0.05, 0.1) is 11.7 Å². The molecule has 234 valence electrons. The molecule has 2 aromatic heterocycles. The fourth-order valence-electron chi connectivity index (χ4n) is 6.75. The molecule has 0 radical (unpaired) electrons. The van der Waals surface area contributed by atoms with Crippen LogP contribution in [0.25, 0.3) is 10.9 Å². The summed E-state index contributed by atoms with van der Waals surface area (Å²) in [4.78, 5) is 51.5. The minimum Gasteiger partial charge on any atom is -0.364 e. The van der Waals surface area contributed by atoms with Crippen LogP contribution in [0.3, 0.4) is 0 Å². The number of hydrogen-bond acceptors (Lipinski definition) is 5. The number of hydrogen-bond donors (Lipinski definition) is 4. The number of piperidine rings is 1. The van der Waals surface area contributed by atoms with Gasteiger partial charge in [-0.3, -0.25) is 14.8 Å². The number of amides is 5. The van der Waals surface area contributed by atoms with Gasteiger partial charge in [-0.05, 0) is 54.3 Å². The molecule has 5 amide bonds. The molecule has 0 saturated carbocycles. The zero-order chi connectivity index (χ0) is 30.8. The number of urea groups is 2. The number of nitrogens with zero attached hydrogens (tertiary/aromatic N) is 5. The van der Waals surface area contributed by atoms with Gasteiger partial charge < -0.3 is 30.3 Å². The zero-order valence-corrected chi connectivity index (χ0v) is 25.2. The number of likely N-dealkylation sites (tertiary alicyclic amines) is 1. The van der Waals surface area contributed by atoms with Gasteiger partial charge in [0.1, 0.15) is 6.04 Å². The van der Waals surface area contributed by atoms with Crippen molar-refractivity contribution in [3.63, 3.8) is 0 Å². The van der Waals surface area contributed by atoms with Crippen LogP contribution >= 0.6 is 0 Å². The van der Waals surface area contributed by atoms with Crippen molar-refractivity contribution in [2.45, 2.75) is 44.4 Å². The second-order valence-electron chi connectivity index (χ2n) is 12.2. The number of aromatic nitrogens is 3. The van der Waals surface area contributed by atoms with Gasteiger partial charge in [-0.1, -0.05) is 24.3 Å². The van der Waals surface area contributed by atoms with Crippen LogP contribution < -0.4 is 10.6 Å². The molecule has 45 heavy (non-hydrogen) atoms. The summed E-state index contributed by atoms with van der Waals surface area (Å²) >= 11 is 0. The molecule has 5 heterocycles. The zero-order valence-electron chi connectivity index (χ0n) is 25.2. The lowest BCUT2D eigenvalue weighted by Gasteiger charge is -2.41. The van der Waals surface area contributed by atoms with Crippen molar-refractivity contribution >= 4 is 34.6 Å². The van der Waals surface area contributed by atoms with Crippen molar-refractivity contribution in [3.8, 4) is 0 Å². The monoisotopic (exact) mass is 609 g/mol. The van der Waals surface area contributed by atoms with E-state index in [2.05, 4.69) is 36.8 Å². The first-order valence-electron chi connectivity index (χ1n) is 15.8. The van der Waals surface area contributed by atoms with E-state index in [1.807, 2.05) is 64.5 Å². The summed E-state index contributed by atoms with van der Waals surface area (Å²) in [7, 11) is 0. The van der Waals surface area contributed by atoms with E-state index in [1.54, 1.807) is 11.1 Å². The Morgan fingerprint density at radius 1 is 0.956 bits per heavy atom. The SMILES string of the molecule is O=C(NC(Cc1ccc2[nH]ncc2c1)C(=O)N1CCN(Cc2ccc[nH]2)CC1)N1CCC(N2Cc3ccccc3NC2=O)CC1. The fraction of sp³-hybridized carbons (Fsp3) is 0.394. The summed E-state index contributed by atoms with van der Waals surface area (Å²) in [5.41, 5.74) is 5.00. The van der Waals surface area contributed by atoms with E-state index in [4.69, 9.17) is 0 Å². The van der Waals surface area contributed by atoms with Crippen molar-refractivity contribution in [1.29, 1.82) is 0 Å². The summed E-state index contributed by atoms with van der Waals surface area (Å²) in [5, 5.41) is 14.1. The predicted octanol–water partition coefficient (Wildman–Crippen LogP) is 3.37. The molecule has 1 atom stereocenters. The number of H-pyrrole nitrogens is 2. The number of carbonyl (C=O) groups is 3. The number of carbonyl (C=O) groups excluding carboxylic acids is 3. The van der Waals surface area contributed by atoms with E-state index >= 15 is 0 Å². The molecule has 2 saturated heterocycles. The predicted molar refractivity (Wildman–Crippen MR) is 170 cm³/mol. The molecule has 12 heteroatoms. The maximum atomic E-state index is 14.0. The molecule has 12 nitrogen and oxygen atoms in total. The molecule has 7 rings (SSSR count). The van der Waals surface area contributed by atoms with E-state index in [1.165, 1.54) is 0 Å². The Labute approximate surface area is 261 Å². The molecule has 2 fully saturated rings. The highest BCUT2D eigenvalue weighted by Gasteiger charge is 2.35. The second kappa shape index (κ2) is 12.6. The average Bonchev–Trinajstić information content (AvgIpc) is 3.76. The van der Waals surface area contributed by atoms with Crippen molar-refractivity contribution in [2.24, 2.45) is 0 Å². The van der Waals surface area contributed by atoms with Crippen molar-refractivity contribution in [3.05, 3.63) is 83.8 Å². The van der Waals surface area contributed by atoms with Crippen LogP contribution in [0, 0.1) is 0 Å². The summed E-state index contributed by atoms with van der Waals surface area (Å²) < 4.78 is 0. The molecule has 1 unspecified atom stereocenters. The van der Waals surface area contributed by atoms with E-state index < -0.39 is 6.04 Å². The van der Waals surface area contributed by atoms with Gasteiger partial charge in [-0.15, -0.1) is 0 Å². The molecule has 2 aromatic carbocycles. The third kappa shape index (κ3) is 6.37. The highest BCUT2D eigenvalue weighted by Crippen LogP contribution is 2.27. The molecule has 0 spiro atoms. The van der Waals surface area contributed by atoms with Crippen LogP contribution in [0.5, 0.6) is 0 Å². The number of aromatic amines is 2. The van der Waals surface area contributed by atoms with Gasteiger partial charge in [0.25, 0.3) is 0 Å². The maximum absolute atomic E-state index is 14.0. The van der Waals surface area contributed by atoms with Crippen LogP contribution in [-0.4, -0.2) is 104 Å². The normalized spacial score (nSPS) is 18.5. The van der Waals surface area contributed by atoms with Gasteiger partial charge in [-0.2, -0.15) is 5.10 Å². The quantitative estimate of drug-likeness (QED) is 0.255. The van der Waals surface area contributed by atoms with E-state index in [9.17, 15) is 14.4 Å². The second-order valence-corrected chi connectivity index (χ2v) is 12.2. The van der Waals surface area contributed by atoms with E-state index in [-0.39, 0.29) is 24.0 Å². The molecule has 0 bridgehead atoms. The molecule has 4 aromatic rings. The summed E-state index contributed by atoms with van der Waals surface area (Å²) in [6.07, 6.45) is 5.44. The highest BCUT2D eigenvalue weighted by molar-refractivity contribution is 5.92. The number of rotatable bonds is 7. The highest BCUT2D eigenvalue weighted by atomic mass is 16.2. The Bertz CT molecular complexity index is 1650. The third-order valence-corrected chi connectivity index (χ3v) is 9.33. The Balaban J connectivity index is 0.994. The Kier molecular flexibility index (Phi) is 8.12. The van der Waals surface area contributed by atoms with Gasteiger partial charge in [0, 0.05) is 87.8 Å². The van der Waals surface area contributed by atoms with E-state index in [0.717, 1.165) is 53.0 Å². The maximum Gasteiger partial charge on any atom is 0.322 e. The summed E-state index contributed by atoms with van der Waals surface area (Å²) in [5.74, 6) is -0.0614. The number of fused-ring (bicyclic) bond motifs is 2. The minimum atomic E-state index is -0.695. The van der Waals surface area contributed by atoms with Gasteiger partial charge in [0.15, 0.2) is 0 Å². The number of nitrogens with one attached hydrogen (secondary N) is 4.